The van der Waals surface area contributed by atoms with Crippen LogP contribution in [-0.2, 0) is 4.74 Å². The number of fused-ring (bicyclic) bond motifs is 1. The average molecular weight is 280 g/mol. The van der Waals surface area contributed by atoms with Gasteiger partial charge in [-0.15, -0.1) is 0 Å². The molecule has 1 N–H and O–H groups in total. The van der Waals surface area contributed by atoms with Crippen LogP contribution >= 0.6 is 0 Å². The SMILES string of the molecule is CC(C)(C)OC(=O)N1C(C2CCC2)C[C@@H]2CCNC[C@@H]21. The Labute approximate surface area is 122 Å². The molecule has 0 aromatic heterocycles. The molecule has 1 unspecified atom stereocenters. The van der Waals surface area contributed by atoms with Gasteiger partial charge in [-0.2, -0.15) is 0 Å². The van der Waals surface area contributed by atoms with Crippen molar-refractivity contribution in [3.05, 3.63) is 0 Å². The average Bonchev–Trinajstić information content (AvgIpc) is 2.62. The third kappa shape index (κ3) is 2.67. The second-order valence-electron chi connectivity index (χ2n) is 7.70. The maximum absolute atomic E-state index is 12.6. The molecule has 3 fully saturated rings. The minimum Gasteiger partial charge on any atom is -0.444 e. The number of hydrogen-bond donors (Lipinski definition) is 1. The number of carbonyl (C=O) groups is 1. The maximum Gasteiger partial charge on any atom is 0.410 e. The minimum atomic E-state index is -0.401. The van der Waals surface area contributed by atoms with Gasteiger partial charge in [0.15, 0.2) is 0 Å². The predicted molar refractivity (Wildman–Crippen MR) is 78.6 cm³/mol. The summed E-state index contributed by atoms with van der Waals surface area (Å²) in [6, 6.07) is 0.776. The zero-order valence-electron chi connectivity index (χ0n) is 13.0. The van der Waals surface area contributed by atoms with Crippen LogP contribution in [0.15, 0.2) is 0 Å². The van der Waals surface area contributed by atoms with Crippen LogP contribution in [0.5, 0.6) is 0 Å². The van der Waals surface area contributed by atoms with Crippen molar-refractivity contribution in [3.63, 3.8) is 0 Å². The van der Waals surface area contributed by atoms with Crippen molar-refractivity contribution in [1.82, 2.24) is 10.2 Å². The van der Waals surface area contributed by atoms with Gasteiger partial charge in [0.1, 0.15) is 5.60 Å². The van der Waals surface area contributed by atoms with Crippen LogP contribution in [0.2, 0.25) is 0 Å². The van der Waals surface area contributed by atoms with Gasteiger partial charge in [0.25, 0.3) is 0 Å². The Morgan fingerprint density at radius 1 is 1.15 bits per heavy atom. The van der Waals surface area contributed by atoms with E-state index in [-0.39, 0.29) is 6.09 Å². The van der Waals surface area contributed by atoms with Gasteiger partial charge < -0.3 is 15.0 Å². The third-order valence-corrected chi connectivity index (χ3v) is 5.15. The van der Waals surface area contributed by atoms with Gasteiger partial charge >= 0.3 is 6.09 Å². The number of amides is 1. The van der Waals surface area contributed by atoms with E-state index in [2.05, 4.69) is 10.2 Å². The summed E-state index contributed by atoms with van der Waals surface area (Å²) in [4.78, 5) is 14.7. The highest BCUT2D eigenvalue weighted by atomic mass is 16.6. The van der Waals surface area contributed by atoms with E-state index < -0.39 is 5.60 Å². The lowest BCUT2D eigenvalue weighted by molar-refractivity contribution is 0.00148. The number of hydrogen-bond acceptors (Lipinski definition) is 3. The summed E-state index contributed by atoms with van der Waals surface area (Å²) in [5.74, 6) is 1.39. The molecule has 0 radical (unpaired) electrons. The van der Waals surface area contributed by atoms with E-state index >= 15 is 0 Å². The molecule has 20 heavy (non-hydrogen) atoms. The molecule has 1 aliphatic carbocycles. The van der Waals surface area contributed by atoms with Gasteiger partial charge in [-0.25, -0.2) is 4.79 Å². The zero-order chi connectivity index (χ0) is 14.3. The Hall–Kier alpha value is -0.770. The summed E-state index contributed by atoms with van der Waals surface area (Å²) in [6.45, 7) is 7.90. The molecule has 2 heterocycles. The lowest BCUT2D eigenvalue weighted by Crippen LogP contribution is -2.53. The second kappa shape index (κ2) is 5.21. The van der Waals surface area contributed by atoms with Crippen LogP contribution in [0, 0.1) is 11.8 Å². The second-order valence-corrected chi connectivity index (χ2v) is 7.70. The van der Waals surface area contributed by atoms with Crippen molar-refractivity contribution in [2.24, 2.45) is 11.8 Å². The fourth-order valence-electron chi connectivity index (χ4n) is 4.00. The molecule has 3 rings (SSSR count). The molecule has 114 valence electrons. The molecule has 2 aliphatic heterocycles. The van der Waals surface area contributed by atoms with E-state index in [1.807, 2.05) is 20.8 Å². The smallest absolute Gasteiger partial charge is 0.410 e. The molecule has 0 spiro atoms. The highest BCUT2D eigenvalue weighted by Gasteiger charge is 2.49. The Morgan fingerprint density at radius 3 is 2.50 bits per heavy atom. The highest BCUT2D eigenvalue weighted by Crippen LogP contribution is 2.43. The van der Waals surface area contributed by atoms with E-state index in [4.69, 9.17) is 4.74 Å². The molecule has 0 bridgehead atoms. The molecule has 1 saturated carbocycles. The largest absolute Gasteiger partial charge is 0.444 e. The van der Waals surface area contributed by atoms with Crippen molar-refractivity contribution < 1.29 is 9.53 Å². The first-order valence-corrected chi connectivity index (χ1v) is 8.18. The van der Waals surface area contributed by atoms with Crippen LogP contribution < -0.4 is 5.32 Å². The van der Waals surface area contributed by atoms with Crippen LogP contribution in [0.3, 0.4) is 0 Å². The van der Waals surface area contributed by atoms with Crippen LogP contribution in [0.1, 0.15) is 52.9 Å². The lowest BCUT2D eigenvalue weighted by Gasteiger charge is -2.40. The fraction of sp³-hybridized carbons (Fsp3) is 0.938. The Morgan fingerprint density at radius 2 is 1.90 bits per heavy atom. The highest BCUT2D eigenvalue weighted by molar-refractivity contribution is 5.69. The topological polar surface area (TPSA) is 41.6 Å². The number of ether oxygens (including phenoxy) is 1. The number of likely N-dealkylation sites (tertiary alicyclic amines) is 1. The molecular weight excluding hydrogens is 252 g/mol. The summed E-state index contributed by atoms with van der Waals surface area (Å²) < 4.78 is 5.68. The van der Waals surface area contributed by atoms with E-state index in [1.54, 1.807) is 0 Å². The molecule has 0 aromatic carbocycles. The first kappa shape index (κ1) is 14.2. The molecule has 2 saturated heterocycles. The molecule has 3 aliphatic rings. The van der Waals surface area contributed by atoms with Gasteiger partial charge in [0.05, 0.1) is 6.04 Å². The van der Waals surface area contributed by atoms with Crippen molar-refractivity contribution >= 4 is 6.09 Å². The van der Waals surface area contributed by atoms with Gasteiger partial charge in [-0.3, -0.25) is 0 Å². The Bertz CT molecular complexity index is 373. The number of piperidine rings is 1. The van der Waals surface area contributed by atoms with Crippen molar-refractivity contribution in [2.45, 2.75) is 70.6 Å². The number of carbonyl (C=O) groups excluding carboxylic acids is 1. The molecule has 0 aromatic rings. The summed E-state index contributed by atoms with van der Waals surface area (Å²) >= 11 is 0. The van der Waals surface area contributed by atoms with Crippen molar-refractivity contribution in [2.75, 3.05) is 13.1 Å². The van der Waals surface area contributed by atoms with Gasteiger partial charge in [0.2, 0.25) is 0 Å². The first-order valence-electron chi connectivity index (χ1n) is 8.18. The van der Waals surface area contributed by atoms with E-state index in [0.717, 1.165) is 13.1 Å². The number of rotatable bonds is 1. The molecule has 1 amide bonds. The summed E-state index contributed by atoms with van der Waals surface area (Å²) in [7, 11) is 0. The number of nitrogens with one attached hydrogen (secondary N) is 1. The molecule has 4 heteroatoms. The normalized spacial score (nSPS) is 34.5. The van der Waals surface area contributed by atoms with E-state index in [1.165, 1.54) is 32.1 Å². The van der Waals surface area contributed by atoms with E-state index in [0.29, 0.717) is 23.9 Å². The van der Waals surface area contributed by atoms with Gasteiger partial charge in [0, 0.05) is 12.6 Å². The Balaban J connectivity index is 1.77. The number of nitrogens with zero attached hydrogens (tertiary/aromatic N) is 1. The lowest BCUT2D eigenvalue weighted by atomic mass is 9.77. The summed E-state index contributed by atoms with van der Waals surface area (Å²) in [5, 5.41) is 3.45. The summed E-state index contributed by atoms with van der Waals surface area (Å²) in [6.07, 6.45) is 6.21. The van der Waals surface area contributed by atoms with Crippen LogP contribution in [0.4, 0.5) is 4.79 Å². The van der Waals surface area contributed by atoms with Gasteiger partial charge in [-0.05, 0) is 64.8 Å². The fourth-order valence-corrected chi connectivity index (χ4v) is 4.00. The maximum atomic E-state index is 12.6. The Kier molecular flexibility index (Phi) is 3.69. The summed E-state index contributed by atoms with van der Waals surface area (Å²) in [5.41, 5.74) is -0.401. The standard InChI is InChI=1S/C16H28N2O2/c1-16(2,3)20-15(19)18-13(11-5-4-6-11)9-12-7-8-17-10-14(12)18/h11-14,17H,4-10H2,1-3H3/t12-,13?,14-/m0/s1. The van der Waals surface area contributed by atoms with Crippen LogP contribution in [0.25, 0.3) is 0 Å². The van der Waals surface area contributed by atoms with Gasteiger partial charge in [-0.1, -0.05) is 6.42 Å². The molecular formula is C16H28N2O2. The quantitative estimate of drug-likeness (QED) is 0.803. The van der Waals surface area contributed by atoms with E-state index in [9.17, 15) is 4.79 Å². The molecule has 4 nitrogen and oxygen atoms in total. The predicted octanol–water partition coefficient (Wildman–Crippen LogP) is 2.77. The molecule has 3 atom stereocenters. The van der Waals surface area contributed by atoms with Crippen LogP contribution in [-0.4, -0.2) is 41.8 Å². The third-order valence-electron chi connectivity index (χ3n) is 5.15. The van der Waals surface area contributed by atoms with Crippen molar-refractivity contribution in [1.29, 1.82) is 0 Å². The first-order chi connectivity index (χ1) is 9.46. The monoisotopic (exact) mass is 280 g/mol. The zero-order valence-corrected chi connectivity index (χ0v) is 13.0. The minimum absolute atomic E-state index is 0.0920. The van der Waals surface area contributed by atoms with Crippen molar-refractivity contribution in [3.8, 4) is 0 Å².